The van der Waals surface area contributed by atoms with Gasteiger partial charge in [0.15, 0.2) is 0 Å². The SMILES string of the molecule is CC(=O)NCCNC(=O)c1ccc(O)cc1C. The molecule has 0 atom stereocenters. The van der Waals surface area contributed by atoms with Crippen LogP contribution in [0.2, 0.25) is 0 Å². The van der Waals surface area contributed by atoms with Crippen molar-refractivity contribution in [2.45, 2.75) is 13.8 Å². The fourth-order valence-corrected chi connectivity index (χ4v) is 1.41. The number of hydrogen-bond donors (Lipinski definition) is 3. The van der Waals surface area contributed by atoms with E-state index in [1.165, 1.54) is 19.1 Å². The summed E-state index contributed by atoms with van der Waals surface area (Å²) in [6, 6.07) is 4.57. The highest BCUT2D eigenvalue weighted by atomic mass is 16.3. The summed E-state index contributed by atoms with van der Waals surface area (Å²) in [6.07, 6.45) is 0. The number of phenolic OH excluding ortho intramolecular Hbond substituents is 1. The number of rotatable bonds is 4. The maximum absolute atomic E-state index is 11.7. The molecule has 0 fully saturated rings. The van der Waals surface area contributed by atoms with E-state index < -0.39 is 0 Å². The molecule has 0 saturated heterocycles. The summed E-state index contributed by atoms with van der Waals surface area (Å²) in [4.78, 5) is 22.3. The fourth-order valence-electron chi connectivity index (χ4n) is 1.41. The van der Waals surface area contributed by atoms with E-state index in [2.05, 4.69) is 10.6 Å². The molecule has 0 aliphatic heterocycles. The van der Waals surface area contributed by atoms with Crippen LogP contribution >= 0.6 is 0 Å². The summed E-state index contributed by atoms with van der Waals surface area (Å²) < 4.78 is 0. The largest absolute Gasteiger partial charge is 0.508 e. The summed E-state index contributed by atoms with van der Waals surface area (Å²) in [5, 5.41) is 14.5. The topological polar surface area (TPSA) is 78.4 Å². The first-order chi connectivity index (χ1) is 8.00. The Bertz CT molecular complexity index is 430. The Morgan fingerprint density at radius 1 is 1.24 bits per heavy atom. The number of benzene rings is 1. The Hall–Kier alpha value is -2.04. The Morgan fingerprint density at radius 2 is 1.88 bits per heavy atom. The molecule has 0 bridgehead atoms. The van der Waals surface area contributed by atoms with Gasteiger partial charge in [-0.05, 0) is 30.7 Å². The van der Waals surface area contributed by atoms with Crippen molar-refractivity contribution in [1.82, 2.24) is 10.6 Å². The van der Waals surface area contributed by atoms with Gasteiger partial charge in [-0.3, -0.25) is 9.59 Å². The van der Waals surface area contributed by atoms with Crippen LogP contribution in [0.4, 0.5) is 0 Å². The molecule has 3 N–H and O–H groups in total. The molecule has 1 aromatic rings. The molecule has 0 aromatic heterocycles. The van der Waals surface area contributed by atoms with Gasteiger partial charge in [0.1, 0.15) is 5.75 Å². The Morgan fingerprint density at radius 3 is 2.47 bits per heavy atom. The van der Waals surface area contributed by atoms with Gasteiger partial charge in [-0.15, -0.1) is 0 Å². The molecule has 2 amide bonds. The van der Waals surface area contributed by atoms with Crippen LogP contribution in [0.25, 0.3) is 0 Å². The number of aromatic hydroxyl groups is 1. The zero-order valence-electron chi connectivity index (χ0n) is 9.91. The molecule has 0 aliphatic rings. The number of hydrogen-bond acceptors (Lipinski definition) is 3. The first-order valence-corrected chi connectivity index (χ1v) is 5.33. The monoisotopic (exact) mass is 236 g/mol. The van der Waals surface area contributed by atoms with Gasteiger partial charge in [0, 0.05) is 25.6 Å². The van der Waals surface area contributed by atoms with Crippen molar-refractivity contribution in [2.75, 3.05) is 13.1 Å². The summed E-state index contributed by atoms with van der Waals surface area (Å²) in [6.45, 7) is 3.95. The molecule has 92 valence electrons. The number of amides is 2. The van der Waals surface area contributed by atoms with E-state index in [4.69, 9.17) is 0 Å². The minimum atomic E-state index is -0.215. The van der Waals surface area contributed by atoms with Gasteiger partial charge >= 0.3 is 0 Å². The first kappa shape index (κ1) is 13.0. The Kier molecular flexibility index (Phi) is 4.51. The van der Waals surface area contributed by atoms with Crippen molar-refractivity contribution in [3.05, 3.63) is 29.3 Å². The van der Waals surface area contributed by atoms with Crippen LogP contribution in [0.1, 0.15) is 22.8 Å². The molecule has 0 unspecified atom stereocenters. The second-order valence-corrected chi connectivity index (χ2v) is 3.74. The van der Waals surface area contributed by atoms with E-state index in [1.54, 1.807) is 13.0 Å². The van der Waals surface area contributed by atoms with Crippen molar-refractivity contribution < 1.29 is 14.7 Å². The molecule has 1 aromatic carbocycles. The molecule has 0 heterocycles. The maximum atomic E-state index is 11.7. The lowest BCUT2D eigenvalue weighted by Gasteiger charge is -2.08. The summed E-state index contributed by atoms with van der Waals surface area (Å²) in [7, 11) is 0. The molecule has 5 heteroatoms. The van der Waals surface area contributed by atoms with Gasteiger partial charge in [-0.1, -0.05) is 0 Å². The number of carbonyl (C=O) groups is 2. The van der Waals surface area contributed by atoms with Crippen molar-refractivity contribution in [2.24, 2.45) is 0 Å². The van der Waals surface area contributed by atoms with Crippen LogP contribution in [0.15, 0.2) is 18.2 Å². The van der Waals surface area contributed by atoms with Gasteiger partial charge in [-0.2, -0.15) is 0 Å². The van der Waals surface area contributed by atoms with E-state index in [0.717, 1.165) is 0 Å². The van der Waals surface area contributed by atoms with Crippen molar-refractivity contribution >= 4 is 11.8 Å². The molecule has 0 aliphatic carbocycles. The average molecular weight is 236 g/mol. The van der Waals surface area contributed by atoms with E-state index in [-0.39, 0.29) is 17.6 Å². The zero-order valence-corrected chi connectivity index (χ0v) is 9.91. The molecule has 0 radical (unpaired) electrons. The van der Waals surface area contributed by atoms with E-state index in [9.17, 15) is 14.7 Å². The van der Waals surface area contributed by atoms with E-state index in [1.807, 2.05) is 0 Å². The predicted molar refractivity (Wildman–Crippen MR) is 63.9 cm³/mol. The van der Waals surface area contributed by atoms with Crippen molar-refractivity contribution in [3.8, 4) is 5.75 Å². The van der Waals surface area contributed by atoms with Crippen molar-refractivity contribution in [3.63, 3.8) is 0 Å². The second kappa shape index (κ2) is 5.89. The van der Waals surface area contributed by atoms with Gasteiger partial charge in [0.25, 0.3) is 5.91 Å². The third-order valence-corrected chi connectivity index (χ3v) is 2.24. The Labute approximate surface area is 99.8 Å². The maximum Gasteiger partial charge on any atom is 0.251 e. The number of carbonyl (C=O) groups excluding carboxylic acids is 2. The highest BCUT2D eigenvalue weighted by Gasteiger charge is 2.08. The van der Waals surface area contributed by atoms with Crippen LogP contribution in [-0.4, -0.2) is 30.0 Å². The van der Waals surface area contributed by atoms with Crippen LogP contribution < -0.4 is 10.6 Å². The smallest absolute Gasteiger partial charge is 0.251 e. The van der Waals surface area contributed by atoms with E-state index >= 15 is 0 Å². The zero-order chi connectivity index (χ0) is 12.8. The van der Waals surface area contributed by atoms with Crippen LogP contribution in [0.3, 0.4) is 0 Å². The third-order valence-electron chi connectivity index (χ3n) is 2.24. The lowest BCUT2D eigenvalue weighted by Crippen LogP contribution is -2.33. The van der Waals surface area contributed by atoms with E-state index in [0.29, 0.717) is 24.2 Å². The van der Waals surface area contributed by atoms with Gasteiger partial charge in [-0.25, -0.2) is 0 Å². The quantitative estimate of drug-likeness (QED) is 0.669. The number of nitrogens with one attached hydrogen (secondary N) is 2. The minimum Gasteiger partial charge on any atom is -0.508 e. The second-order valence-electron chi connectivity index (χ2n) is 3.74. The molecular formula is C12H16N2O3. The highest BCUT2D eigenvalue weighted by Crippen LogP contribution is 2.15. The van der Waals surface area contributed by atoms with Crippen LogP contribution in [0.5, 0.6) is 5.75 Å². The normalized spacial score (nSPS) is 9.76. The summed E-state index contributed by atoms with van der Waals surface area (Å²) >= 11 is 0. The van der Waals surface area contributed by atoms with Gasteiger partial charge in [0.05, 0.1) is 0 Å². The molecule has 5 nitrogen and oxygen atoms in total. The highest BCUT2D eigenvalue weighted by molar-refractivity contribution is 5.95. The Balaban J connectivity index is 2.50. The molecule has 0 spiro atoms. The number of phenols is 1. The van der Waals surface area contributed by atoms with Crippen LogP contribution in [0, 0.1) is 6.92 Å². The van der Waals surface area contributed by atoms with Gasteiger partial charge < -0.3 is 15.7 Å². The van der Waals surface area contributed by atoms with Crippen molar-refractivity contribution in [1.29, 1.82) is 0 Å². The standard InChI is InChI=1S/C12H16N2O3/c1-8-7-10(16)3-4-11(8)12(17)14-6-5-13-9(2)15/h3-4,7,16H,5-6H2,1-2H3,(H,13,15)(H,14,17). The van der Waals surface area contributed by atoms with Crippen LogP contribution in [-0.2, 0) is 4.79 Å². The number of aryl methyl sites for hydroxylation is 1. The van der Waals surface area contributed by atoms with Gasteiger partial charge in [0.2, 0.25) is 5.91 Å². The fraction of sp³-hybridized carbons (Fsp3) is 0.333. The molecule has 1 rings (SSSR count). The molecule has 17 heavy (non-hydrogen) atoms. The average Bonchev–Trinajstić information content (AvgIpc) is 2.23. The minimum absolute atomic E-state index is 0.125. The summed E-state index contributed by atoms with van der Waals surface area (Å²) in [5.41, 5.74) is 1.23. The molecular weight excluding hydrogens is 220 g/mol. The lowest BCUT2D eigenvalue weighted by atomic mass is 10.1. The molecule has 0 saturated carbocycles. The third kappa shape index (κ3) is 4.14. The lowest BCUT2D eigenvalue weighted by molar-refractivity contribution is -0.118. The predicted octanol–water partition coefficient (Wildman–Crippen LogP) is 0.567. The summed E-state index contributed by atoms with van der Waals surface area (Å²) in [5.74, 6) is -0.204. The first-order valence-electron chi connectivity index (χ1n) is 5.33.